The van der Waals surface area contributed by atoms with Crippen LogP contribution in [0, 0.1) is 58.8 Å². The second-order valence-electron chi connectivity index (χ2n) is 37.8. The standard InChI is InChI=1S/C30H28FN3O3.C29H26FN3O3.2C28H26FN3O3/c31-26-12-24-27(13-28(26)34-16-22-10-11-32-14-23(22)17-34)33(18-25(29(24)35)30(36)37)15-19-6-8-21(9-7-19)20-4-2-1-3-5-20;30-25-10-23-26(11-27(25)33-15-21-12-31-13-22(21)16-33)32(17-24(28(23)34)29(35)36)14-18-6-8-20(9-7-18)19-4-2-1-3-5-19;2*29-24-12-22-26(13-25(24)31-15-19-10-11-30-14-19)32(17-23(27(22)33)28(34)35)16-18-6-8-21(9-7-18)20-4-2-1-3-5-20/h1-9,12-13,18,22-23,32H,10-11,14-17H2,(H,36,37);1-11,17,21-22,31H,12-16H2,(H,35,36);2*1-9,12-13,17,19,30-31H,10-11,14-16H2,(H,34,35)/t22-,23+;;2*19-/m1.10/s1. The molecule has 143 heavy (non-hydrogen) atoms. The molecule has 6 atom stereocenters. The highest BCUT2D eigenvalue weighted by Crippen LogP contribution is 2.39. The Labute approximate surface area is 820 Å². The Morgan fingerprint density at radius 1 is 0.294 bits per heavy atom. The number of aromatic carboxylic acids is 4. The van der Waals surface area contributed by atoms with Gasteiger partial charge in [0.05, 0.1) is 44.8 Å². The van der Waals surface area contributed by atoms with Gasteiger partial charge < -0.3 is 80.4 Å². The summed E-state index contributed by atoms with van der Waals surface area (Å²) in [5, 5.41) is 58.5. The summed E-state index contributed by atoms with van der Waals surface area (Å²) in [4.78, 5) is 103. The minimum atomic E-state index is -1.33. The third-order valence-electron chi connectivity index (χ3n) is 28.4. The maximum Gasteiger partial charge on any atom is 0.341 e. The van der Waals surface area contributed by atoms with E-state index in [1.165, 1.54) is 36.9 Å². The lowest BCUT2D eigenvalue weighted by atomic mass is 9.90. The summed E-state index contributed by atoms with van der Waals surface area (Å²) < 4.78 is 67.4. The Balaban J connectivity index is 0.000000121. The normalized spacial score (nSPS) is 17.3. The Hall–Kier alpha value is -15.9. The molecule has 12 aromatic carbocycles. The second-order valence-corrected chi connectivity index (χ2v) is 37.8. The van der Waals surface area contributed by atoms with Crippen LogP contribution in [-0.2, 0) is 26.2 Å². The minimum Gasteiger partial charge on any atom is -0.477 e. The molecule has 0 spiro atoms. The number of benzene rings is 12. The van der Waals surface area contributed by atoms with E-state index in [1.54, 1.807) is 42.5 Å². The molecule has 16 aromatic rings. The minimum absolute atomic E-state index is 0.0522. The van der Waals surface area contributed by atoms with E-state index < -0.39 is 68.9 Å². The fourth-order valence-corrected chi connectivity index (χ4v) is 20.6. The zero-order valence-corrected chi connectivity index (χ0v) is 78.3. The van der Waals surface area contributed by atoms with E-state index in [1.807, 2.05) is 218 Å². The van der Waals surface area contributed by atoms with E-state index >= 15 is 8.78 Å². The highest BCUT2D eigenvalue weighted by molar-refractivity contribution is 5.97. The number of nitrogens with zero attached hydrogens (tertiary/aromatic N) is 6. The average Bonchev–Trinajstić information content (AvgIpc) is 1.75. The topological polar surface area (TPSA) is 316 Å². The molecule has 10 heterocycles. The molecule has 0 aliphatic carbocycles. The molecule has 22 rings (SSSR count). The molecule has 6 saturated heterocycles. The SMILES string of the molecule is O=C(O)c1cn(Cc2ccc(-c3ccccc3)cc2)c2cc(N3CC4CNCC4C3)c(F)cc2c1=O.O=C(O)c1cn(Cc2ccc(-c3ccccc3)cc2)c2cc(N3C[C@H]4CCNC[C@H]4C3)c(F)cc2c1=O.O=C(O)c1cn(Cc2ccc(-c3ccccc3)cc2)c2cc(NC[C@@H]3CCNC3)c(F)cc2c1=O.O=C(O)c1cn(Cc2ccc(-c3ccccc3)cc2)c2cc(NC[C@H]3CCNC3)c(F)cc2c1=O. The van der Waals surface area contributed by atoms with E-state index in [0.717, 1.165) is 177 Å². The van der Waals surface area contributed by atoms with Crippen molar-refractivity contribution in [2.24, 2.45) is 35.5 Å². The van der Waals surface area contributed by atoms with Gasteiger partial charge >= 0.3 is 23.9 Å². The average molecular weight is 1920 g/mol. The number of nitrogens with one attached hydrogen (secondary N) is 6. The number of carboxylic acid groups (broad SMARTS) is 4. The number of rotatable bonds is 24. The van der Waals surface area contributed by atoms with Crippen LogP contribution in [-0.4, -0.2) is 154 Å². The zero-order chi connectivity index (χ0) is 99.1. The summed E-state index contributed by atoms with van der Waals surface area (Å²) in [6, 6.07) is 83.5. The van der Waals surface area contributed by atoms with Crippen LogP contribution in [0.1, 0.15) is 82.9 Å². The van der Waals surface area contributed by atoms with Crippen LogP contribution in [0.3, 0.4) is 0 Å². The predicted octanol–water partition coefficient (Wildman–Crippen LogP) is 18.0. The number of carboxylic acids is 4. The molecule has 4 aromatic heterocycles. The van der Waals surface area contributed by atoms with Crippen molar-refractivity contribution >= 4 is 90.2 Å². The van der Waals surface area contributed by atoms with Crippen LogP contribution in [0.2, 0.25) is 0 Å². The molecule has 0 amide bonds. The van der Waals surface area contributed by atoms with E-state index in [-0.39, 0.29) is 43.8 Å². The van der Waals surface area contributed by atoms with Crippen LogP contribution in [0.15, 0.2) is 311 Å². The van der Waals surface area contributed by atoms with Gasteiger partial charge in [-0.05, 0) is 209 Å². The Morgan fingerprint density at radius 2 is 0.545 bits per heavy atom. The fourth-order valence-electron chi connectivity index (χ4n) is 20.6. The lowest BCUT2D eigenvalue weighted by molar-refractivity contribution is 0.0684. The van der Waals surface area contributed by atoms with Crippen molar-refractivity contribution in [3.8, 4) is 44.5 Å². The first-order valence-corrected chi connectivity index (χ1v) is 48.2. The van der Waals surface area contributed by atoms with Gasteiger partial charge in [0.1, 0.15) is 45.5 Å². The lowest BCUT2D eigenvalue weighted by Crippen LogP contribution is -2.35. The summed E-state index contributed by atoms with van der Waals surface area (Å²) in [7, 11) is 0. The quantitative estimate of drug-likeness (QED) is 0.0251. The highest BCUT2D eigenvalue weighted by Gasteiger charge is 2.39. The number of hydrogen-bond donors (Lipinski definition) is 10. The molecule has 0 bridgehead atoms. The van der Waals surface area contributed by atoms with Crippen molar-refractivity contribution in [3.63, 3.8) is 0 Å². The van der Waals surface area contributed by atoms with Crippen LogP contribution in [0.4, 0.5) is 40.3 Å². The number of aromatic nitrogens is 4. The maximum absolute atomic E-state index is 15.4. The van der Waals surface area contributed by atoms with Gasteiger partial charge in [-0.3, -0.25) is 19.2 Å². The predicted molar refractivity (Wildman–Crippen MR) is 552 cm³/mol. The van der Waals surface area contributed by atoms with Gasteiger partial charge in [-0.2, -0.15) is 0 Å². The summed E-state index contributed by atoms with van der Waals surface area (Å²) >= 11 is 0. The van der Waals surface area contributed by atoms with Crippen LogP contribution in [0.25, 0.3) is 88.1 Å². The third kappa shape index (κ3) is 21.4. The Morgan fingerprint density at radius 3 is 0.825 bits per heavy atom. The van der Waals surface area contributed by atoms with Crippen molar-refractivity contribution < 1.29 is 57.2 Å². The first-order valence-electron chi connectivity index (χ1n) is 48.2. The molecule has 28 heteroatoms. The monoisotopic (exact) mass is 1920 g/mol. The largest absolute Gasteiger partial charge is 0.477 e. The molecule has 24 nitrogen and oxygen atoms in total. The Bertz CT molecular complexity index is 7470. The van der Waals surface area contributed by atoms with Crippen LogP contribution in [0.5, 0.6) is 0 Å². The van der Waals surface area contributed by atoms with E-state index in [9.17, 15) is 67.6 Å². The van der Waals surface area contributed by atoms with Gasteiger partial charge in [0.15, 0.2) is 0 Å². The van der Waals surface area contributed by atoms with Crippen LogP contribution < -0.4 is 63.4 Å². The van der Waals surface area contributed by atoms with Gasteiger partial charge in [-0.25, -0.2) is 36.7 Å². The first-order chi connectivity index (χ1) is 69.4. The van der Waals surface area contributed by atoms with Crippen molar-refractivity contribution in [2.75, 3.05) is 112 Å². The zero-order valence-electron chi connectivity index (χ0n) is 78.3. The fraction of sp³-hybridized carbons (Fsp3) is 0.235. The second kappa shape index (κ2) is 42.7. The Kier molecular flexibility index (Phi) is 28.6. The van der Waals surface area contributed by atoms with E-state index in [4.69, 9.17) is 0 Å². The number of pyridine rings is 4. The molecular weight excluding hydrogens is 1820 g/mol. The maximum atomic E-state index is 15.4. The lowest BCUT2D eigenvalue weighted by Gasteiger charge is -2.23. The van der Waals surface area contributed by atoms with Gasteiger partial charge in [0.25, 0.3) is 0 Å². The third-order valence-corrected chi connectivity index (χ3v) is 28.4. The van der Waals surface area contributed by atoms with Gasteiger partial charge in [0, 0.05) is 125 Å². The molecular formula is C115H106F4N12O12. The molecule has 0 radical (unpaired) electrons. The molecule has 726 valence electrons. The van der Waals surface area contributed by atoms with Crippen molar-refractivity contribution in [3.05, 3.63) is 400 Å². The number of anilines is 4. The number of piperidine rings is 1. The first kappa shape index (κ1) is 96.0. The smallest absolute Gasteiger partial charge is 0.341 e. The van der Waals surface area contributed by atoms with Crippen molar-refractivity contribution in [2.45, 2.75) is 45.4 Å². The molecule has 10 N–H and O–H groups in total. The number of carbonyl (C=O) groups is 4. The van der Waals surface area contributed by atoms with Gasteiger partial charge in [-0.15, -0.1) is 0 Å². The van der Waals surface area contributed by atoms with E-state index in [2.05, 4.69) is 41.7 Å². The van der Waals surface area contributed by atoms with Gasteiger partial charge in [-0.1, -0.05) is 218 Å². The van der Waals surface area contributed by atoms with Crippen molar-refractivity contribution in [1.82, 2.24) is 39.5 Å². The number of hydrogen-bond acceptors (Lipinski definition) is 16. The molecule has 6 fully saturated rings. The number of halogens is 4. The highest BCUT2D eigenvalue weighted by atomic mass is 19.1. The summed E-state index contributed by atoms with van der Waals surface area (Å²) in [6.45, 7) is 13.1. The molecule has 2 unspecified atom stereocenters. The van der Waals surface area contributed by atoms with Crippen LogP contribution >= 0.6 is 0 Å². The molecule has 6 aliphatic heterocycles. The molecule has 6 aliphatic rings. The van der Waals surface area contributed by atoms with Crippen molar-refractivity contribution in [1.29, 1.82) is 0 Å². The summed E-state index contributed by atoms with van der Waals surface area (Å²) in [6.07, 6.45) is 8.57. The summed E-state index contributed by atoms with van der Waals surface area (Å²) in [5.41, 5.74) is 11.9. The number of fused-ring (bicyclic) bond motifs is 6. The van der Waals surface area contributed by atoms with Gasteiger partial charge in [0.2, 0.25) is 21.7 Å². The van der Waals surface area contributed by atoms with E-state index in [0.29, 0.717) is 120 Å². The summed E-state index contributed by atoms with van der Waals surface area (Å²) in [5.74, 6) is -4.63. The molecule has 0 saturated carbocycles.